The molecule has 4 rings (SSSR count). The van der Waals surface area contributed by atoms with Crippen molar-refractivity contribution in [2.45, 2.75) is 56.6 Å². The van der Waals surface area contributed by atoms with E-state index in [9.17, 15) is 9.59 Å². The number of nitrogens with one attached hydrogen (secondary N) is 2. The summed E-state index contributed by atoms with van der Waals surface area (Å²) in [6, 6.07) is 8.27. The molecular weight excluding hydrogens is 406 g/mol. The Hall–Kier alpha value is -2.38. The SMILES string of the molecule is O=C(CN1CCOC2(C/C=C/Cc3ccccc3OCCNC2=O)C1)NC1CCCCC1. The highest BCUT2D eigenvalue weighted by Crippen LogP contribution is 2.25. The van der Waals surface area contributed by atoms with Gasteiger partial charge in [-0.3, -0.25) is 14.5 Å². The van der Waals surface area contributed by atoms with Crippen LogP contribution in [0.25, 0.3) is 0 Å². The summed E-state index contributed by atoms with van der Waals surface area (Å²) in [5.74, 6) is 0.755. The van der Waals surface area contributed by atoms with Gasteiger partial charge in [-0.2, -0.15) is 0 Å². The molecule has 174 valence electrons. The molecule has 0 aromatic heterocycles. The number of rotatable bonds is 3. The van der Waals surface area contributed by atoms with Crippen molar-refractivity contribution in [1.82, 2.24) is 15.5 Å². The molecule has 7 nitrogen and oxygen atoms in total. The molecule has 0 radical (unpaired) electrons. The molecule has 7 heteroatoms. The van der Waals surface area contributed by atoms with Crippen LogP contribution < -0.4 is 15.4 Å². The zero-order chi connectivity index (χ0) is 22.2. The second-order valence-electron chi connectivity index (χ2n) is 9.05. The Kier molecular flexibility index (Phi) is 7.81. The minimum absolute atomic E-state index is 0.0445. The van der Waals surface area contributed by atoms with E-state index in [0.717, 1.165) is 30.6 Å². The molecule has 1 aromatic rings. The number of morpholine rings is 1. The molecule has 2 fully saturated rings. The molecule has 2 N–H and O–H groups in total. The fourth-order valence-corrected chi connectivity index (χ4v) is 4.85. The number of carbonyl (C=O) groups excluding carboxylic acids is 2. The normalized spacial score (nSPS) is 26.7. The van der Waals surface area contributed by atoms with Gasteiger partial charge in [0, 0.05) is 25.6 Å². The number of amides is 2. The average Bonchev–Trinajstić information content (AvgIpc) is 2.80. The van der Waals surface area contributed by atoms with Gasteiger partial charge >= 0.3 is 0 Å². The van der Waals surface area contributed by atoms with Crippen LogP contribution in [-0.2, 0) is 20.7 Å². The van der Waals surface area contributed by atoms with Crippen molar-refractivity contribution < 1.29 is 19.1 Å². The van der Waals surface area contributed by atoms with Gasteiger partial charge in [0.05, 0.1) is 19.7 Å². The lowest BCUT2D eigenvalue weighted by atomic mass is 9.94. The molecule has 1 aliphatic carbocycles. The van der Waals surface area contributed by atoms with Crippen LogP contribution in [0.1, 0.15) is 44.1 Å². The quantitative estimate of drug-likeness (QED) is 0.703. The maximum absolute atomic E-state index is 13.1. The molecule has 1 atom stereocenters. The van der Waals surface area contributed by atoms with Gasteiger partial charge in [-0.1, -0.05) is 49.6 Å². The predicted octanol–water partition coefficient (Wildman–Crippen LogP) is 2.20. The Morgan fingerprint density at radius 1 is 1.16 bits per heavy atom. The number of fused-ring (bicyclic) bond motifs is 1. The van der Waals surface area contributed by atoms with E-state index in [1.54, 1.807) is 0 Å². The van der Waals surface area contributed by atoms with E-state index in [2.05, 4.69) is 22.8 Å². The molecule has 1 aromatic carbocycles. The number of ether oxygens (including phenoxy) is 2. The molecular formula is C25H35N3O4. The Balaban J connectivity index is 1.40. The number of carbonyl (C=O) groups is 2. The summed E-state index contributed by atoms with van der Waals surface area (Å²) in [5, 5.41) is 6.16. The van der Waals surface area contributed by atoms with Gasteiger partial charge < -0.3 is 20.1 Å². The summed E-state index contributed by atoms with van der Waals surface area (Å²) in [6.07, 6.45) is 11.1. The van der Waals surface area contributed by atoms with E-state index in [1.807, 2.05) is 29.2 Å². The van der Waals surface area contributed by atoms with E-state index in [4.69, 9.17) is 9.47 Å². The zero-order valence-electron chi connectivity index (χ0n) is 18.8. The summed E-state index contributed by atoms with van der Waals surface area (Å²) in [5.41, 5.74) is 0.133. The predicted molar refractivity (Wildman–Crippen MR) is 123 cm³/mol. The molecule has 0 bridgehead atoms. The smallest absolute Gasteiger partial charge is 0.254 e. The van der Waals surface area contributed by atoms with Crippen molar-refractivity contribution >= 4 is 11.8 Å². The molecule has 1 unspecified atom stereocenters. The van der Waals surface area contributed by atoms with Crippen molar-refractivity contribution in [1.29, 1.82) is 0 Å². The molecule has 1 saturated heterocycles. The lowest BCUT2D eigenvalue weighted by Crippen LogP contribution is -2.61. The molecule has 2 aliphatic heterocycles. The van der Waals surface area contributed by atoms with Crippen LogP contribution in [0.2, 0.25) is 0 Å². The maximum atomic E-state index is 13.1. The summed E-state index contributed by atoms with van der Waals surface area (Å²) in [4.78, 5) is 27.8. The zero-order valence-corrected chi connectivity index (χ0v) is 18.8. The van der Waals surface area contributed by atoms with Gasteiger partial charge in [0.2, 0.25) is 5.91 Å². The van der Waals surface area contributed by atoms with E-state index >= 15 is 0 Å². The first-order valence-corrected chi connectivity index (χ1v) is 11.9. The molecule has 1 spiro atoms. The van der Waals surface area contributed by atoms with Crippen LogP contribution in [0.3, 0.4) is 0 Å². The monoisotopic (exact) mass is 441 g/mol. The van der Waals surface area contributed by atoms with Crippen LogP contribution in [0, 0.1) is 0 Å². The topological polar surface area (TPSA) is 79.9 Å². The van der Waals surface area contributed by atoms with Gasteiger partial charge in [-0.05, 0) is 30.9 Å². The highest BCUT2D eigenvalue weighted by Gasteiger charge is 2.43. The Bertz CT molecular complexity index is 821. The van der Waals surface area contributed by atoms with Crippen molar-refractivity contribution in [3.63, 3.8) is 0 Å². The van der Waals surface area contributed by atoms with Gasteiger partial charge in [0.1, 0.15) is 12.4 Å². The summed E-state index contributed by atoms with van der Waals surface area (Å²) >= 11 is 0. The Labute approximate surface area is 190 Å². The van der Waals surface area contributed by atoms with Gasteiger partial charge in [-0.25, -0.2) is 0 Å². The Morgan fingerprint density at radius 3 is 2.88 bits per heavy atom. The van der Waals surface area contributed by atoms with Crippen molar-refractivity contribution in [2.24, 2.45) is 0 Å². The molecule has 3 aliphatic rings. The van der Waals surface area contributed by atoms with E-state index in [-0.39, 0.29) is 11.8 Å². The molecule has 32 heavy (non-hydrogen) atoms. The third kappa shape index (κ3) is 5.90. The van der Waals surface area contributed by atoms with Crippen LogP contribution in [-0.4, -0.2) is 67.7 Å². The van der Waals surface area contributed by atoms with Crippen molar-refractivity contribution in [2.75, 3.05) is 39.4 Å². The van der Waals surface area contributed by atoms with Crippen molar-refractivity contribution in [3.8, 4) is 5.75 Å². The second kappa shape index (κ2) is 11.0. The van der Waals surface area contributed by atoms with Gasteiger partial charge in [0.25, 0.3) is 5.91 Å². The first-order chi connectivity index (χ1) is 15.6. The maximum Gasteiger partial charge on any atom is 0.254 e. The largest absolute Gasteiger partial charge is 0.491 e. The molecule has 2 heterocycles. The van der Waals surface area contributed by atoms with Crippen LogP contribution in [0.5, 0.6) is 5.75 Å². The first-order valence-electron chi connectivity index (χ1n) is 11.9. The van der Waals surface area contributed by atoms with Gasteiger partial charge in [-0.15, -0.1) is 0 Å². The number of hydrogen-bond acceptors (Lipinski definition) is 5. The fourth-order valence-electron chi connectivity index (χ4n) is 4.85. The minimum atomic E-state index is -0.988. The molecule has 1 saturated carbocycles. The van der Waals surface area contributed by atoms with E-state index in [1.165, 1.54) is 19.3 Å². The number of para-hydroxylation sites is 1. The molecule has 2 amide bonds. The van der Waals surface area contributed by atoms with Gasteiger partial charge in [0.15, 0.2) is 5.60 Å². The first kappa shape index (κ1) is 22.8. The standard InChI is InChI=1S/C25H35N3O4/c29-23(27-21-10-2-1-3-11-21)18-28-15-17-32-25(19-28)13-7-6-9-20-8-4-5-12-22(20)31-16-14-26-24(25)30/h4-8,12,21H,1-3,9-11,13-19H2,(H,26,30)(H,27,29)/b7-6+. The summed E-state index contributed by atoms with van der Waals surface area (Å²) < 4.78 is 12.0. The highest BCUT2D eigenvalue weighted by molar-refractivity contribution is 5.86. The minimum Gasteiger partial charge on any atom is -0.491 e. The van der Waals surface area contributed by atoms with E-state index in [0.29, 0.717) is 51.9 Å². The lowest BCUT2D eigenvalue weighted by Gasteiger charge is -2.41. The third-order valence-electron chi connectivity index (χ3n) is 6.59. The number of allylic oxidation sites excluding steroid dienone is 1. The summed E-state index contributed by atoms with van der Waals surface area (Å²) in [7, 11) is 0. The van der Waals surface area contributed by atoms with Crippen LogP contribution >= 0.6 is 0 Å². The number of benzene rings is 1. The average molecular weight is 442 g/mol. The third-order valence-corrected chi connectivity index (χ3v) is 6.59. The van der Waals surface area contributed by atoms with Crippen molar-refractivity contribution in [3.05, 3.63) is 42.0 Å². The number of nitrogens with zero attached hydrogens (tertiary/aromatic N) is 1. The number of hydrogen-bond donors (Lipinski definition) is 2. The summed E-state index contributed by atoms with van der Waals surface area (Å²) in [6.45, 7) is 2.58. The lowest BCUT2D eigenvalue weighted by molar-refractivity contribution is -0.161. The van der Waals surface area contributed by atoms with E-state index < -0.39 is 5.60 Å². The van der Waals surface area contributed by atoms with Crippen LogP contribution in [0.4, 0.5) is 0 Å². The fraction of sp³-hybridized carbons (Fsp3) is 0.600. The Morgan fingerprint density at radius 2 is 2.00 bits per heavy atom. The highest BCUT2D eigenvalue weighted by atomic mass is 16.5. The second-order valence-corrected chi connectivity index (χ2v) is 9.05. The van der Waals surface area contributed by atoms with Crippen LogP contribution in [0.15, 0.2) is 36.4 Å².